The monoisotopic (exact) mass is 272 g/mol. The highest BCUT2D eigenvalue weighted by molar-refractivity contribution is 6.01. The summed E-state index contributed by atoms with van der Waals surface area (Å²) in [5.74, 6) is 0.0907. The van der Waals surface area contributed by atoms with Gasteiger partial charge in [-0.15, -0.1) is 0 Å². The smallest absolute Gasteiger partial charge is 0.337 e. The Hall–Kier alpha value is -1.84. The Morgan fingerprint density at radius 2 is 2.15 bits per heavy atom. The second-order valence-corrected chi connectivity index (χ2v) is 5.80. The van der Waals surface area contributed by atoms with Gasteiger partial charge in [-0.1, -0.05) is 19.9 Å². The van der Waals surface area contributed by atoms with E-state index in [1.54, 1.807) is 6.07 Å². The Balaban J connectivity index is 2.15. The SMILES string of the molecule is CCc1nc2c(C(=O)O)cccc2n1CC1(CC)CC1. The second kappa shape index (κ2) is 4.62. The number of carbonyl (C=O) groups is 1. The first kappa shape index (κ1) is 13.2. The van der Waals surface area contributed by atoms with E-state index in [0.29, 0.717) is 16.5 Å². The Morgan fingerprint density at radius 1 is 1.40 bits per heavy atom. The van der Waals surface area contributed by atoms with Crippen molar-refractivity contribution < 1.29 is 9.90 Å². The number of nitrogens with zero attached hydrogens (tertiary/aromatic N) is 2. The second-order valence-electron chi connectivity index (χ2n) is 5.80. The highest BCUT2D eigenvalue weighted by Gasteiger charge is 2.41. The van der Waals surface area contributed by atoms with Crippen LogP contribution < -0.4 is 0 Å². The number of imidazole rings is 1. The van der Waals surface area contributed by atoms with E-state index in [1.807, 2.05) is 12.1 Å². The minimum absolute atomic E-state index is 0.303. The number of benzene rings is 1. The van der Waals surface area contributed by atoms with Crippen LogP contribution in [-0.2, 0) is 13.0 Å². The molecule has 0 radical (unpaired) electrons. The number of para-hydroxylation sites is 1. The number of hydrogen-bond acceptors (Lipinski definition) is 2. The maximum atomic E-state index is 11.3. The molecule has 0 bridgehead atoms. The van der Waals surface area contributed by atoms with Gasteiger partial charge in [0.2, 0.25) is 0 Å². The maximum absolute atomic E-state index is 11.3. The lowest BCUT2D eigenvalue weighted by atomic mass is 10.0. The van der Waals surface area contributed by atoms with Crippen LogP contribution in [0.25, 0.3) is 11.0 Å². The third-order valence-corrected chi connectivity index (χ3v) is 4.61. The molecule has 4 heteroatoms. The Labute approximate surface area is 118 Å². The van der Waals surface area contributed by atoms with Gasteiger partial charge in [0.1, 0.15) is 11.3 Å². The van der Waals surface area contributed by atoms with Crippen molar-refractivity contribution in [2.75, 3.05) is 0 Å². The van der Waals surface area contributed by atoms with Crippen LogP contribution in [0.4, 0.5) is 0 Å². The zero-order chi connectivity index (χ0) is 14.3. The van der Waals surface area contributed by atoms with Gasteiger partial charge in [-0.2, -0.15) is 0 Å². The summed E-state index contributed by atoms with van der Waals surface area (Å²) < 4.78 is 2.23. The average Bonchev–Trinajstić information content (AvgIpc) is 3.14. The van der Waals surface area contributed by atoms with Gasteiger partial charge in [-0.3, -0.25) is 0 Å². The number of aryl methyl sites for hydroxylation is 1. The summed E-state index contributed by atoms with van der Waals surface area (Å²) in [6.07, 6.45) is 4.54. The van der Waals surface area contributed by atoms with E-state index in [9.17, 15) is 9.90 Å². The normalized spacial score (nSPS) is 16.5. The van der Waals surface area contributed by atoms with Gasteiger partial charge in [-0.25, -0.2) is 9.78 Å². The molecule has 0 aliphatic heterocycles. The number of aromatic nitrogens is 2. The molecule has 1 saturated carbocycles. The molecule has 20 heavy (non-hydrogen) atoms. The number of carboxylic acids is 1. The number of hydrogen-bond donors (Lipinski definition) is 1. The van der Waals surface area contributed by atoms with Crippen molar-refractivity contribution in [1.82, 2.24) is 9.55 Å². The molecule has 1 aromatic carbocycles. The molecule has 1 heterocycles. The molecule has 0 spiro atoms. The van der Waals surface area contributed by atoms with Crippen molar-refractivity contribution >= 4 is 17.0 Å². The van der Waals surface area contributed by atoms with Crippen LogP contribution in [-0.4, -0.2) is 20.6 Å². The van der Waals surface area contributed by atoms with Crippen molar-refractivity contribution in [2.45, 2.75) is 46.1 Å². The van der Waals surface area contributed by atoms with Crippen molar-refractivity contribution in [3.8, 4) is 0 Å². The van der Waals surface area contributed by atoms with Crippen molar-refractivity contribution in [2.24, 2.45) is 5.41 Å². The number of carboxylic acid groups (broad SMARTS) is 1. The van der Waals surface area contributed by atoms with Crippen LogP contribution in [0.2, 0.25) is 0 Å². The fraction of sp³-hybridized carbons (Fsp3) is 0.500. The molecular formula is C16H20N2O2. The summed E-state index contributed by atoms with van der Waals surface area (Å²) in [7, 11) is 0. The van der Waals surface area contributed by atoms with Gasteiger partial charge in [0.25, 0.3) is 0 Å². The topological polar surface area (TPSA) is 55.1 Å². The summed E-state index contributed by atoms with van der Waals surface area (Å²) in [5.41, 5.74) is 2.30. The number of aromatic carboxylic acids is 1. The van der Waals surface area contributed by atoms with E-state index in [-0.39, 0.29) is 0 Å². The third-order valence-electron chi connectivity index (χ3n) is 4.61. The van der Waals surface area contributed by atoms with Gasteiger partial charge < -0.3 is 9.67 Å². The van der Waals surface area contributed by atoms with Crippen LogP contribution in [0, 0.1) is 5.41 Å². The quantitative estimate of drug-likeness (QED) is 0.906. The fourth-order valence-electron chi connectivity index (χ4n) is 2.95. The lowest BCUT2D eigenvalue weighted by Gasteiger charge is -2.16. The van der Waals surface area contributed by atoms with Gasteiger partial charge in [-0.05, 0) is 36.8 Å². The van der Waals surface area contributed by atoms with Gasteiger partial charge in [0.15, 0.2) is 0 Å². The molecular weight excluding hydrogens is 252 g/mol. The first-order valence-electron chi connectivity index (χ1n) is 7.31. The molecule has 1 aliphatic carbocycles. The van der Waals surface area contributed by atoms with E-state index in [0.717, 1.165) is 24.3 Å². The molecule has 1 aromatic heterocycles. The molecule has 0 unspecified atom stereocenters. The largest absolute Gasteiger partial charge is 0.478 e. The Kier molecular flexibility index (Phi) is 3.04. The van der Waals surface area contributed by atoms with E-state index in [1.165, 1.54) is 19.3 Å². The van der Waals surface area contributed by atoms with Crippen LogP contribution in [0.3, 0.4) is 0 Å². The first-order chi connectivity index (χ1) is 9.60. The molecule has 106 valence electrons. The summed E-state index contributed by atoms with van der Waals surface area (Å²) in [6, 6.07) is 5.43. The molecule has 3 rings (SSSR count). The van der Waals surface area contributed by atoms with Gasteiger partial charge >= 0.3 is 5.97 Å². The van der Waals surface area contributed by atoms with Gasteiger partial charge in [0, 0.05) is 13.0 Å². The van der Waals surface area contributed by atoms with Crippen molar-refractivity contribution in [1.29, 1.82) is 0 Å². The zero-order valence-electron chi connectivity index (χ0n) is 12.0. The number of rotatable bonds is 5. The molecule has 2 aromatic rings. The summed E-state index contributed by atoms with van der Waals surface area (Å²) >= 11 is 0. The summed E-state index contributed by atoms with van der Waals surface area (Å²) in [4.78, 5) is 15.9. The molecule has 0 amide bonds. The maximum Gasteiger partial charge on any atom is 0.337 e. The first-order valence-corrected chi connectivity index (χ1v) is 7.31. The Morgan fingerprint density at radius 3 is 2.70 bits per heavy atom. The van der Waals surface area contributed by atoms with E-state index >= 15 is 0 Å². The number of fused-ring (bicyclic) bond motifs is 1. The molecule has 1 N–H and O–H groups in total. The Bertz CT molecular complexity index is 668. The van der Waals surface area contributed by atoms with E-state index in [2.05, 4.69) is 23.4 Å². The van der Waals surface area contributed by atoms with Crippen LogP contribution in [0.1, 0.15) is 49.3 Å². The molecule has 0 atom stereocenters. The summed E-state index contributed by atoms with van der Waals surface area (Å²) in [5, 5.41) is 9.30. The minimum Gasteiger partial charge on any atom is -0.478 e. The highest BCUT2D eigenvalue weighted by atomic mass is 16.4. The fourth-order valence-corrected chi connectivity index (χ4v) is 2.95. The summed E-state index contributed by atoms with van der Waals surface area (Å²) in [6.45, 7) is 5.27. The molecule has 0 saturated heterocycles. The van der Waals surface area contributed by atoms with Crippen molar-refractivity contribution in [3.05, 3.63) is 29.6 Å². The molecule has 4 nitrogen and oxygen atoms in total. The predicted octanol–water partition coefficient (Wildman–Crippen LogP) is 3.49. The van der Waals surface area contributed by atoms with E-state index < -0.39 is 5.97 Å². The molecule has 1 aliphatic rings. The van der Waals surface area contributed by atoms with Crippen LogP contribution in [0.5, 0.6) is 0 Å². The van der Waals surface area contributed by atoms with Crippen LogP contribution in [0.15, 0.2) is 18.2 Å². The predicted molar refractivity (Wildman–Crippen MR) is 78.0 cm³/mol. The third kappa shape index (κ3) is 1.99. The standard InChI is InChI=1S/C16H20N2O2/c1-3-13-17-14-11(15(19)20)6-5-7-12(14)18(13)10-16(4-2)8-9-16/h5-7H,3-4,8-10H2,1-2H3,(H,19,20). The lowest BCUT2D eigenvalue weighted by molar-refractivity contribution is 0.0699. The average molecular weight is 272 g/mol. The van der Waals surface area contributed by atoms with Crippen LogP contribution >= 0.6 is 0 Å². The van der Waals surface area contributed by atoms with Gasteiger partial charge in [0.05, 0.1) is 11.1 Å². The molecule has 1 fully saturated rings. The zero-order valence-corrected chi connectivity index (χ0v) is 12.0. The van der Waals surface area contributed by atoms with Crippen molar-refractivity contribution in [3.63, 3.8) is 0 Å². The highest BCUT2D eigenvalue weighted by Crippen LogP contribution is 2.50. The minimum atomic E-state index is -0.903. The van der Waals surface area contributed by atoms with E-state index in [4.69, 9.17) is 0 Å². The lowest BCUT2D eigenvalue weighted by Crippen LogP contribution is -2.13.